The topological polar surface area (TPSA) is 22.1 Å². The number of hydrogen-bond donors (Lipinski definition) is 0. The van der Waals surface area contributed by atoms with Gasteiger partial charge in [-0.15, -0.1) is 0 Å². The molecule has 1 aromatic heterocycles. The van der Waals surface area contributed by atoms with Crippen molar-refractivity contribution in [3.63, 3.8) is 0 Å². The second-order valence-electron chi connectivity index (χ2n) is 4.49. The van der Waals surface area contributed by atoms with E-state index in [0.29, 0.717) is 5.69 Å². The smallest absolute Gasteiger partial charge is 0.421 e. The number of alkyl halides is 3. The summed E-state index contributed by atoms with van der Waals surface area (Å²) in [5.41, 5.74) is 0.436. The second kappa shape index (κ2) is 5.53. The molecular formula is C15H14F3NO. The van der Waals surface area contributed by atoms with Crippen molar-refractivity contribution in [2.45, 2.75) is 26.6 Å². The summed E-state index contributed by atoms with van der Waals surface area (Å²) < 4.78 is 44.5. The summed E-state index contributed by atoms with van der Waals surface area (Å²) >= 11 is 0. The van der Waals surface area contributed by atoms with Gasteiger partial charge >= 0.3 is 6.18 Å². The van der Waals surface area contributed by atoms with E-state index in [9.17, 15) is 13.2 Å². The number of rotatable bonds is 3. The monoisotopic (exact) mass is 281 g/mol. The van der Waals surface area contributed by atoms with Crippen LogP contribution in [-0.2, 0) is 12.8 Å². The highest BCUT2D eigenvalue weighted by Gasteiger charge is 2.37. The van der Waals surface area contributed by atoms with Gasteiger partial charge in [0.05, 0.1) is 5.69 Å². The highest BCUT2D eigenvalue weighted by atomic mass is 19.4. The van der Waals surface area contributed by atoms with Crippen LogP contribution in [0.1, 0.15) is 22.5 Å². The lowest BCUT2D eigenvalue weighted by Crippen LogP contribution is -2.13. The normalized spacial score (nSPS) is 11.4. The molecule has 0 saturated carbocycles. The van der Waals surface area contributed by atoms with Crippen LogP contribution in [0.4, 0.5) is 13.2 Å². The predicted molar refractivity (Wildman–Crippen MR) is 69.5 cm³/mol. The van der Waals surface area contributed by atoms with Crippen molar-refractivity contribution in [3.8, 4) is 5.75 Å². The van der Waals surface area contributed by atoms with Gasteiger partial charge in [-0.2, -0.15) is 13.2 Å². The standard InChI is InChI=1S/C15H14F3NO/c1-10-8-13(14(11(2)19-10)15(16,17)18)20-9-12-6-4-3-5-7-12/h3-8H,9H2,1-2H3. The molecule has 0 saturated heterocycles. The van der Waals surface area contributed by atoms with E-state index in [1.54, 1.807) is 19.1 Å². The summed E-state index contributed by atoms with van der Waals surface area (Å²) in [6.07, 6.45) is -4.48. The van der Waals surface area contributed by atoms with Gasteiger partial charge in [0.25, 0.3) is 0 Å². The summed E-state index contributed by atoms with van der Waals surface area (Å²) in [5, 5.41) is 0. The number of nitrogens with zero attached hydrogens (tertiary/aromatic N) is 1. The molecule has 0 bridgehead atoms. The van der Waals surface area contributed by atoms with Crippen molar-refractivity contribution in [2.24, 2.45) is 0 Å². The van der Waals surface area contributed by atoms with E-state index in [1.165, 1.54) is 13.0 Å². The quantitative estimate of drug-likeness (QED) is 0.837. The molecule has 0 aliphatic rings. The molecule has 0 radical (unpaired) electrons. The molecule has 1 aromatic carbocycles. The Bertz CT molecular complexity index is 594. The molecule has 2 rings (SSSR count). The molecule has 106 valence electrons. The average molecular weight is 281 g/mol. The fraction of sp³-hybridized carbons (Fsp3) is 0.267. The molecule has 5 heteroatoms. The number of aryl methyl sites for hydroxylation is 2. The van der Waals surface area contributed by atoms with Crippen molar-refractivity contribution in [1.82, 2.24) is 4.98 Å². The average Bonchev–Trinajstić information content (AvgIpc) is 2.35. The van der Waals surface area contributed by atoms with Crippen LogP contribution < -0.4 is 4.74 Å². The Hall–Kier alpha value is -2.04. The molecule has 1 heterocycles. The van der Waals surface area contributed by atoms with E-state index in [4.69, 9.17) is 4.74 Å². The minimum absolute atomic E-state index is 0.0689. The molecule has 0 N–H and O–H groups in total. The third-order valence-corrected chi connectivity index (χ3v) is 2.81. The first kappa shape index (κ1) is 14.4. The van der Waals surface area contributed by atoms with Crippen molar-refractivity contribution >= 4 is 0 Å². The lowest BCUT2D eigenvalue weighted by atomic mass is 10.1. The molecule has 0 atom stereocenters. The Morgan fingerprint density at radius 1 is 1.10 bits per heavy atom. The van der Waals surface area contributed by atoms with Gasteiger partial charge in [-0.1, -0.05) is 30.3 Å². The first-order valence-corrected chi connectivity index (χ1v) is 6.10. The fourth-order valence-electron chi connectivity index (χ4n) is 1.99. The van der Waals surface area contributed by atoms with Crippen LogP contribution in [0.15, 0.2) is 36.4 Å². The molecule has 0 spiro atoms. The molecule has 0 unspecified atom stereocenters. The van der Waals surface area contributed by atoms with E-state index in [2.05, 4.69) is 4.98 Å². The Balaban J connectivity index is 2.31. The number of benzene rings is 1. The second-order valence-corrected chi connectivity index (χ2v) is 4.49. The lowest BCUT2D eigenvalue weighted by Gasteiger charge is -2.16. The molecule has 20 heavy (non-hydrogen) atoms. The zero-order valence-electron chi connectivity index (χ0n) is 11.2. The Morgan fingerprint density at radius 2 is 1.75 bits per heavy atom. The van der Waals surface area contributed by atoms with Crippen LogP contribution in [0.25, 0.3) is 0 Å². The minimum atomic E-state index is -4.48. The molecule has 2 aromatic rings. The van der Waals surface area contributed by atoms with E-state index in [1.807, 2.05) is 18.2 Å². The number of aromatic nitrogens is 1. The Morgan fingerprint density at radius 3 is 2.35 bits per heavy atom. The van der Waals surface area contributed by atoms with Crippen molar-refractivity contribution in [1.29, 1.82) is 0 Å². The van der Waals surface area contributed by atoms with Crippen molar-refractivity contribution in [3.05, 3.63) is 58.9 Å². The minimum Gasteiger partial charge on any atom is -0.488 e. The van der Waals surface area contributed by atoms with Gasteiger partial charge in [0.15, 0.2) is 0 Å². The number of ether oxygens (including phenoxy) is 1. The lowest BCUT2D eigenvalue weighted by molar-refractivity contribution is -0.139. The van der Waals surface area contributed by atoms with Crippen LogP contribution in [0.5, 0.6) is 5.75 Å². The fourth-order valence-corrected chi connectivity index (χ4v) is 1.99. The maximum absolute atomic E-state index is 13.0. The molecule has 0 aliphatic carbocycles. The van der Waals surface area contributed by atoms with E-state index in [-0.39, 0.29) is 18.1 Å². The largest absolute Gasteiger partial charge is 0.488 e. The van der Waals surface area contributed by atoms with Crippen LogP contribution in [0, 0.1) is 13.8 Å². The Kier molecular flexibility index (Phi) is 3.97. The highest BCUT2D eigenvalue weighted by Crippen LogP contribution is 2.38. The van der Waals surface area contributed by atoms with Gasteiger partial charge in [0, 0.05) is 11.8 Å². The van der Waals surface area contributed by atoms with Crippen LogP contribution in [0.3, 0.4) is 0 Å². The molecule has 0 fully saturated rings. The third kappa shape index (κ3) is 3.29. The van der Waals surface area contributed by atoms with Gasteiger partial charge in [0.2, 0.25) is 0 Å². The van der Waals surface area contributed by atoms with Gasteiger partial charge in [-0.25, -0.2) is 0 Å². The van der Waals surface area contributed by atoms with Crippen LogP contribution in [0.2, 0.25) is 0 Å². The number of hydrogen-bond acceptors (Lipinski definition) is 2. The maximum Gasteiger partial charge on any atom is 0.421 e. The van der Waals surface area contributed by atoms with Gasteiger partial charge in [-0.3, -0.25) is 4.98 Å². The number of halogens is 3. The van der Waals surface area contributed by atoms with Crippen LogP contribution >= 0.6 is 0 Å². The van der Waals surface area contributed by atoms with E-state index in [0.717, 1.165) is 5.56 Å². The van der Waals surface area contributed by atoms with E-state index < -0.39 is 11.7 Å². The van der Waals surface area contributed by atoms with E-state index >= 15 is 0 Å². The first-order valence-electron chi connectivity index (χ1n) is 6.10. The summed E-state index contributed by atoms with van der Waals surface area (Å²) in [7, 11) is 0. The Labute approximate surface area is 115 Å². The van der Waals surface area contributed by atoms with Gasteiger partial charge < -0.3 is 4.74 Å². The zero-order valence-corrected chi connectivity index (χ0v) is 11.2. The molecular weight excluding hydrogens is 267 g/mol. The molecule has 0 aliphatic heterocycles. The maximum atomic E-state index is 13.0. The zero-order chi connectivity index (χ0) is 14.8. The molecule has 0 amide bonds. The highest BCUT2D eigenvalue weighted by molar-refractivity contribution is 5.40. The number of pyridine rings is 1. The SMILES string of the molecule is Cc1cc(OCc2ccccc2)c(C(F)(F)F)c(C)n1. The summed E-state index contributed by atoms with van der Waals surface area (Å²) in [6.45, 7) is 3.07. The van der Waals surface area contributed by atoms with Gasteiger partial charge in [0.1, 0.15) is 17.9 Å². The van der Waals surface area contributed by atoms with Crippen molar-refractivity contribution < 1.29 is 17.9 Å². The third-order valence-electron chi connectivity index (χ3n) is 2.81. The van der Waals surface area contributed by atoms with Crippen LogP contribution in [-0.4, -0.2) is 4.98 Å². The summed E-state index contributed by atoms with van der Waals surface area (Å²) in [5.74, 6) is -0.175. The first-order chi connectivity index (χ1) is 9.38. The summed E-state index contributed by atoms with van der Waals surface area (Å²) in [6, 6.07) is 10.4. The van der Waals surface area contributed by atoms with Gasteiger partial charge in [-0.05, 0) is 19.4 Å². The molecule has 2 nitrogen and oxygen atoms in total. The van der Waals surface area contributed by atoms with Crippen molar-refractivity contribution in [2.75, 3.05) is 0 Å². The predicted octanol–water partition coefficient (Wildman–Crippen LogP) is 4.30. The summed E-state index contributed by atoms with van der Waals surface area (Å²) in [4.78, 5) is 3.86.